The lowest BCUT2D eigenvalue weighted by Gasteiger charge is -2.10. The Morgan fingerprint density at radius 2 is 2.10 bits per heavy atom. The number of fused-ring (bicyclic) bond motifs is 3. The van der Waals surface area contributed by atoms with Crippen LogP contribution in [-0.2, 0) is 6.18 Å². The van der Waals surface area contributed by atoms with Gasteiger partial charge in [-0.2, -0.15) is 23.5 Å². The Morgan fingerprint density at radius 3 is 2.75 bits per heavy atom. The first-order chi connectivity index (χ1) is 9.43. The van der Waals surface area contributed by atoms with Gasteiger partial charge < -0.3 is 4.98 Å². The highest BCUT2D eigenvalue weighted by atomic mass is 19.4. The molecular weight excluding hydrogens is 273 g/mol. The van der Waals surface area contributed by atoms with Crippen LogP contribution in [0.1, 0.15) is 11.1 Å². The van der Waals surface area contributed by atoms with Crippen molar-refractivity contribution in [2.24, 2.45) is 0 Å². The Kier molecular flexibility index (Phi) is 2.34. The molecule has 2 heterocycles. The molecular formula is C12H5F3N4O. The van der Waals surface area contributed by atoms with Gasteiger partial charge in [0.15, 0.2) is 5.65 Å². The first-order valence-corrected chi connectivity index (χ1v) is 5.43. The molecule has 0 amide bonds. The number of nitrogens with zero attached hydrogens (tertiary/aromatic N) is 3. The molecule has 0 fully saturated rings. The molecule has 3 aromatic rings. The van der Waals surface area contributed by atoms with Crippen LogP contribution in [0.3, 0.4) is 0 Å². The van der Waals surface area contributed by atoms with E-state index in [0.29, 0.717) is 0 Å². The molecule has 0 aliphatic carbocycles. The number of aromatic amines is 1. The lowest BCUT2D eigenvalue weighted by atomic mass is 10.1. The molecule has 0 spiro atoms. The number of hydrogen-bond donors (Lipinski definition) is 1. The van der Waals surface area contributed by atoms with Crippen molar-refractivity contribution in [3.8, 4) is 6.07 Å². The topological polar surface area (TPSA) is 74.0 Å². The van der Waals surface area contributed by atoms with E-state index in [9.17, 15) is 18.0 Å². The quantitative estimate of drug-likeness (QED) is 0.684. The maximum Gasteiger partial charge on any atom is 0.418 e. The van der Waals surface area contributed by atoms with Gasteiger partial charge in [-0.25, -0.2) is 4.52 Å². The van der Waals surface area contributed by atoms with E-state index in [2.05, 4.69) is 10.1 Å². The molecule has 5 nitrogen and oxygen atoms in total. The molecule has 1 N–H and O–H groups in total. The highest BCUT2D eigenvalue weighted by Gasteiger charge is 2.34. The van der Waals surface area contributed by atoms with Gasteiger partial charge in [0.05, 0.1) is 22.7 Å². The Bertz CT molecular complexity index is 930. The van der Waals surface area contributed by atoms with Crippen LogP contribution < -0.4 is 5.56 Å². The maximum atomic E-state index is 13.0. The third-order valence-corrected chi connectivity index (χ3v) is 2.92. The van der Waals surface area contributed by atoms with Gasteiger partial charge in [-0.1, -0.05) is 6.07 Å². The van der Waals surface area contributed by atoms with E-state index < -0.39 is 17.3 Å². The van der Waals surface area contributed by atoms with E-state index >= 15 is 0 Å². The molecule has 0 atom stereocenters. The first kappa shape index (κ1) is 12.2. The first-order valence-electron chi connectivity index (χ1n) is 5.43. The second-order valence-electron chi connectivity index (χ2n) is 4.08. The number of hydrogen-bond acceptors (Lipinski definition) is 3. The normalized spacial score (nSPS) is 11.9. The number of halogens is 3. The molecule has 2 aromatic heterocycles. The summed E-state index contributed by atoms with van der Waals surface area (Å²) in [6.45, 7) is 0. The summed E-state index contributed by atoms with van der Waals surface area (Å²) in [6, 6.07) is 5.06. The second-order valence-corrected chi connectivity index (χ2v) is 4.08. The van der Waals surface area contributed by atoms with Gasteiger partial charge in [0, 0.05) is 0 Å². The summed E-state index contributed by atoms with van der Waals surface area (Å²) in [5.41, 5.74) is -2.09. The van der Waals surface area contributed by atoms with Crippen molar-refractivity contribution in [3.05, 3.63) is 45.9 Å². The van der Waals surface area contributed by atoms with Gasteiger partial charge >= 0.3 is 6.18 Å². The molecule has 0 bridgehead atoms. The van der Waals surface area contributed by atoms with Crippen molar-refractivity contribution >= 4 is 16.6 Å². The third-order valence-electron chi connectivity index (χ3n) is 2.92. The van der Waals surface area contributed by atoms with Crippen molar-refractivity contribution in [1.29, 1.82) is 5.26 Å². The van der Waals surface area contributed by atoms with Crippen LogP contribution in [0, 0.1) is 11.3 Å². The van der Waals surface area contributed by atoms with Crippen LogP contribution in [0.15, 0.2) is 29.2 Å². The molecule has 8 heteroatoms. The minimum Gasteiger partial charge on any atom is -0.305 e. The zero-order valence-corrected chi connectivity index (χ0v) is 9.69. The van der Waals surface area contributed by atoms with Crippen molar-refractivity contribution in [1.82, 2.24) is 14.6 Å². The number of para-hydroxylation sites is 1. The molecule has 100 valence electrons. The fraction of sp³-hybridized carbons (Fsp3) is 0.0833. The van der Waals surface area contributed by atoms with Crippen LogP contribution in [0.5, 0.6) is 0 Å². The molecule has 1 aromatic carbocycles. The van der Waals surface area contributed by atoms with Crippen LogP contribution in [0.25, 0.3) is 16.6 Å². The fourth-order valence-corrected chi connectivity index (χ4v) is 2.08. The lowest BCUT2D eigenvalue weighted by molar-refractivity contribution is -0.136. The van der Waals surface area contributed by atoms with E-state index in [4.69, 9.17) is 5.26 Å². The van der Waals surface area contributed by atoms with Crippen LogP contribution in [0.4, 0.5) is 13.2 Å². The number of nitriles is 1. The Morgan fingerprint density at radius 1 is 1.35 bits per heavy atom. The SMILES string of the molecule is N#Cc1cnn2c1[nH]c(=O)c1cccc(C(F)(F)F)c12. The third kappa shape index (κ3) is 1.56. The van der Waals surface area contributed by atoms with Gasteiger partial charge in [0.25, 0.3) is 5.56 Å². The zero-order chi connectivity index (χ0) is 14.5. The summed E-state index contributed by atoms with van der Waals surface area (Å²) >= 11 is 0. The van der Waals surface area contributed by atoms with Gasteiger partial charge in [-0.05, 0) is 12.1 Å². The van der Waals surface area contributed by atoms with Gasteiger partial charge in [-0.15, -0.1) is 0 Å². The largest absolute Gasteiger partial charge is 0.418 e. The van der Waals surface area contributed by atoms with Crippen molar-refractivity contribution < 1.29 is 13.2 Å². The maximum absolute atomic E-state index is 13.0. The molecule has 20 heavy (non-hydrogen) atoms. The Hall–Kier alpha value is -2.82. The predicted octanol–water partition coefficient (Wildman–Crippen LogP) is 2.07. The summed E-state index contributed by atoms with van der Waals surface area (Å²) in [4.78, 5) is 14.2. The standard InChI is InChI=1S/C12H5F3N4O/c13-12(14,15)8-3-1-2-7-9(8)19-10(18-11(7)20)6(4-16)5-17-19/h1-3,5H,(H,18,20). The van der Waals surface area contributed by atoms with Crippen LogP contribution in [0.2, 0.25) is 0 Å². The summed E-state index contributed by atoms with van der Waals surface area (Å²) in [6.07, 6.45) is -3.52. The van der Waals surface area contributed by atoms with Gasteiger partial charge in [-0.3, -0.25) is 4.79 Å². The number of nitrogens with one attached hydrogen (secondary N) is 1. The van der Waals surface area contributed by atoms with E-state index in [1.807, 2.05) is 0 Å². The number of alkyl halides is 3. The lowest BCUT2D eigenvalue weighted by Crippen LogP contribution is -2.15. The predicted molar refractivity (Wildman–Crippen MR) is 63.0 cm³/mol. The van der Waals surface area contributed by atoms with E-state index in [1.165, 1.54) is 6.07 Å². The number of aromatic nitrogens is 3. The highest BCUT2D eigenvalue weighted by Crippen LogP contribution is 2.33. The summed E-state index contributed by atoms with van der Waals surface area (Å²) in [5, 5.41) is 12.5. The van der Waals surface area contributed by atoms with Crippen LogP contribution >= 0.6 is 0 Å². The average molecular weight is 278 g/mol. The molecule has 0 unspecified atom stereocenters. The summed E-state index contributed by atoms with van der Waals surface area (Å²) < 4.78 is 40.1. The monoisotopic (exact) mass is 278 g/mol. The zero-order valence-electron chi connectivity index (χ0n) is 9.69. The van der Waals surface area contributed by atoms with E-state index in [0.717, 1.165) is 22.8 Å². The number of benzene rings is 1. The average Bonchev–Trinajstić information content (AvgIpc) is 2.80. The number of rotatable bonds is 0. The van der Waals surface area contributed by atoms with E-state index in [-0.39, 0.29) is 22.1 Å². The Labute approximate surface area is 108 Å². The van der Waals surface area contributed by atoms with E-state index in [1.54, 1.807) is 6.07 Å². The second kappa shape index (κ2) is 3.84. The van der Waals surface area contributed by atoms with Crippen LogP contribution in [-0.4, -0.2) is 14.6 Å². The molecule has 0 radical (unpaired) electrons. The molecule has 0 saturated heterocycles. The van der Waals surface area contributed by atoms with Gasteiger partial charge in [0.2, 0.25) is 0 Å². The Balaban J connectivity index is 2.63. The fourth-order valence-electron chi connectivity index (χ4n) is 2.08. The van der Waals surface area contributed by atoms with Crippen molar-refractivity contribution in [3.63, 3.8) is 0 Å². The minimum absolute atomic E-state index is 0.000905. The summed E-state index contributed by atoms with van der Waals surface area (Å²) in [5.74, 6) is 0. The van der Waals surface area contributed by atoms with Crippen molar-refractivity contribution in [2.75, 3.05) is 0 Å². The molecule has 0 saturated carbocycles. The molecule has 0 aliphatic heterocycles. The van der Waals surface area contributed by atoms with Gasteiger partial charge in [0.1, 0.15) is 11.6 Å². The summed E-state index contributed by atoms with van der Waals surface area (Å²) in [7, 11) is 0. The number of H-pyrrole nitrogens is 1. The van der Waals surface area contributed by atoms with Crippen molar-refractivity contribution in [2.45, 2.75) is 6.18 Å². The molecule has 3 rings (SSSR count). The molecule has 0 aliphatic rings. The smallest absolute Gasteiger partial charge is 0.305 e. The minimum atomic E-state index is -4.63. The highest BCUT2D eigenvalue weighted by molar-refractivity contribution is 5.84.